The Balaban J connectivity index is 1.38. The molecule has 2 aliphatic rings. The summed E-state index contributed by atoms with van der Waals surface area (Å²) in [7, 11) is 3.57. The summed E-state index contributed by atoms with van der Waals surface area (Å²) in [5.41, 5.74) is 2.42. The summed E-state index contributed by atoms with van der Waals surface area (Å²) in [5.74, 6) is 0.286. The Morgan fingerprint density at radius 2 is 1.92 bits per heavy atom. The van der Waals surface area contributed by atoms with Gasteiger partial charge < -0.3 is 18.9 Å². The van der Waals surface area contributed by atoms with Crippen LogP contribution in [0.15, 0.2) is 65.2 Å². The van der Waals surface area contributed by atoms with Crippen molar-refractivity contribution in [3.8, 4) is 5.75 Å². The van der Waals surface area contributed by atoms with Crippen molar-refractivity contribution in [1.29, 1.82) is 0 Å². The summed E-state index contributed by atoms with van der Waals surface area (Å²) < 4.78 is 12.7. The normalized spacial score (nSPS) is 17.9. The number of carbonyl (C=O) groups is 2. The van der Waals surface area contributed by atoms with Gasteiger partial charge in [-0.3, -0.25) is 14.5 Å². The molecular weight excluding hydrogens is 502 g/mol. The average Bonchev–Trinajstić information content (AvgIpc) is 3.72. The van der Waals surface area contributed by atoms with Gasteiger partial charge in [-0.05, 0) is 47.8 Å². The van der Waals surface area contributed by atoms with Gasteiger partial charge in [0.25, 0.3) is 11.8 Å². The second kappa shape index (κ2) is 11.9. The number of ether oxygens (including phenoxy) is 2. The Morgan fingerprint density at radius 1 is 1.13 bits per heavy atom. The van der Waals surface area contributed by atoms with Crippen LogP contribution in [0.25, 0.3) is 0 Å². The standard InChI is InChI=1S/C28H33N5O4S/c1-30-11-3-5-24(30)25-19-23(26-6-4-18-38-26)29-33(25)27(34)20-32(13-12-31-14-16-37-17-15-31)28(35)21-7-9-22(36-2)10-8-21/h3-11,18,25H,12-17,19-20H2,1-2H3/t25-/m1/s1. The Bertz CT molecular complexity index is 1260. The minimum Gasteiger partial charge on any atom is -0.497 e. The molecule has 1 fully saturated rings. The topological polar surface area (TPSA) is 79.6 Å². The van der Waals surface area contributed by atoms with E-state index >= 15 is 0 Å². The number of aromatic nitrogens is 1. The van der Waals surface area contributed by atoms with Crippen LogP contribution in [0, 0.1) is 0 Å². The van der Waals surface area contributed by atoms with E-state index in [0.717, 1.165) is 29.4 Å². The molecule has 0 radical (unpaired) electrons. The number of nitrogens with zero attached hydrogens (tertiary/aromatic N) is 5. The van der Waals surface area contributed by atoms with E-state index in [2.05, 4.69) is 4.90 Å². The first-order valence-electron chi connectivity index (χ1n) is 12.8. The van der Waals surface area contributed by atoms with Crippen LogP contribution in [0.1, 0.15) is 33.4 Å². The molecule has 0 saturated carbocycles. The zero-order valence-electron chi connectivity index (χ0n) is 21.8. The quantitative estimate of drug-likeness (QED) is 0.420. The van der Waals surface area contributed by atoms with Gasteiger partial charge in [-0.15, -0.1) is 11.3 Å². The van der Waals surface area contributed by atoms with Crippen molar-refractivity contribution in [2.45, 2.75) is 12.5 Å². The van der Waals surface area contributed by atoms with E-state index in [-0.39, 0.29) is 24.4 Å². The van der Waals surface area contributed by atoms with E-state index in [1.54, 1.807) is 52.6 Å². The molecule has 38 heavy (non-hydrogen) atoms. The van der Waals surface area contributed by atoms with Gasteiger partial charge in [0.05, 0.1) is 30.9 Å². The van der Waals surface area contributed by atoms with Crippen molar-refractivity contribution in [2.24, 2.45) is 12.1 Å². The van der Waals surface area contributed by atoms with Crippen molar-refractivity contribution in [3.05, 3.63) is 76.2 Å². The lowest BCUT2D eigenvalue weighted by atomic mass is 10.1. The first-order chi connectivity index (χ1) is 18.5. The Labute approximate surface area is 226 Å². The van der Waals surface area contributed by atoms with Gasteiger partial charge in [-0.1, -0.05) is 6.07 Å². The van der Waals surface area contributed by atoms with Crippen LogP contribution in [-0.2, 0) is 16.6 Å². The van der Waals surface area contributed by atoms with Crippen LogP contribution in [0.4, 0.5) is 0 Å². The number of hydrazone groups is 1. The van der Waals surface area contributed by atoms with Gasteiger partial charge >= 0.3 is 0 Å². The van der Waals surface area contributed by atoms with Gasteiger partial charge in [0.15, 0.2) is 0 Å². The molecular formula is C28H33N5O4S. The molecule has 3 aromatic rings. The lowest BCUT2D eigenvalue weighted by molar-refractivity contribution is -0.133. The van der Waals surface area contributed by atoms with Crippen LogP contribution in [0.2, 0.25) is 0 Å². The fourth-order valence-electron chi connectivity index (χ4n) is 4.87. The van der Waals surface area contributed by atoms with Crippen molar-refractivity contribution in [1.82, 2.24) is 19.4 Å². The van der Waals surface area contributed by atoms with Crippen molar-refractivity contribution < 1.29 is 19.1 Å². The SMILES string of the molecule is COc1ccc(C(=O)N(CCN2CCOCC2)CC(=O)N2N=C(c3cccs3)C[C@@H]2c2cccn2C)cc1. The number of aryl methyl sites for hydroxylation is 1. The molecule has 200 valence electrons. The first kappa shape index (κ1) is 26.1. The van der Waals surface area contributed by atoms with E-state index in [4.69, 9.17) is 14.6 Å². The second-order valence-electron chi connectivity index (χ2n) is 9.44. The summed E-state index contributed by atoms with van der Waals surface area (Å²) in [6.45, 7) is 4.03. The zero-order valence-corrected chi connectivity index (χ0v) is 22.6. The summed E-state index contributed by atoms with van der Waals surface area (Å²) in [4.78, 5) is 32.4. The van der Waals surface area contributed by atoms with E-state index in [0.29, 0.717) is 44.0 Å². The smallest absolute Gasteiger partial charge is 0.262 e. The largest absolute Gasteiger partial charge is 0.497 e. The van der Waals surface area contributed by atoms with Crippen LogP contribution in [0.3, 0.4) is 0 Å². The van der Waals surface area contributed by atoms with Gasteiger partial charge in [0.1, 0.15) is 18.3 Å². The number of hydrogen-bond donors (Lipinski definition) is 0. The van der Waals surface area contributed by atoms with Gasteiger partial charge in [0, 0.05) is 57.1 Å². The van der Waals surface area contributed by atoms with Crippen molar-refractivity contribution in [2.75, 3.05) is 53.0 Å². The molecule has 0 aliphatic carbocycles. The van der Waals surface area contributed by atoms with E-state index in [1.807, 2.05) is 47.5 Å². The maximum atomic E-state index is 13.8. The maximum Gasteiger partial charge on any atom is 0.262 e. The van der Waals surface area contributed by atoms with Crippen LogP contribution in [0.5, 0.6) is 5.75 Å². The number of carbonyl (C=O) groups excluding carboxylic acids is 2. The third-order valence-corrected chi connectivity index (χ3v) is 7.96. The van der Waals surface area contributed by atoms with E-state index in [9.17, 15) is 9.59 Å². The highest BCUT2D eigenvalue weighted by Gasteiger charge is 2.36. The molecule has 9 nitrogen and oxygen atoms in total. The third kappa shape index (κ3) is 5.82. The number of benzene rings is 1. The first-order valence-corrected chi connectivity index (χ1v) is 13.7. The molecule has 2 aliphatic heterocycles. The highest BCUT2D eigenvalue weighted by atomic mass is 32.1. The summed E-state index contributed by atoms with van der Waals surface area (Å²) in [6.07, 6.45) is 2.60. The number of thiophene rings is 1. The fraction of sp³-hybridized carbons (Fsp3) is 0.393. The van der Waals surface area contributed by atoms with Gasteiger partial charge in [-0.25, -0.2) is 5.01 Å². The van der Waals surface area contributed by atoms with Crippen LogP contribution in [-0.4, -0.2) is 89.9 Å². The summed E-state index contributed by atoms with van der Waals surface area (Å²) >= 11 is 1.61. The molecule has 0 bridgehead atoms. The summed E-state index contributed by atoms with van der Waals surface area (Å²) in [5, 5.41) is 8.37. The third-order valence-electron chi connectivity index (χ3n) is 7.04. The predicted octanol–water partition coefficient (Wildman–Crippen LogP) is 3.25. The molecule has 2 aromatic heterocycles. The molecule has 5 rings (SSSR count). The van der Waals surface area contributed by atoms with Crippen LogP contribution < -0.4 is 4.74 Å². The second-order valence-corrected chi connectivity index (χ2v) is 10.4. The number of rotatable bonds is 9. The molecule has 1 saturated heterocycles. The lowest BCUT2D eigenvalue weighted by Crippen LogP contribution is -2.46. The monoisotopic (exact) mass is 535 g/mol. The number of methoxy groups -OCH3 is 1. The van der Waals surface area contributed by atoms with E-state index < -0.39 is 0 Å². The molecule has 1 atom stereocenters. The highest BCUT2D eigenvalue weighted by molar-refractivity contribution is 7.12. The number of amides is 2. The molecule has 1 aromatic carbocycles. The highest BCUT2D eigenvalue weighted by Crippen LogP contribution is 2.34. The van der Waals surface area contributed by atoms with Gasteiger partial charge in [-0.2, -0.15) is 5.10 Å². The summed E-state index contributed by atoms with van der Waals surface area (Å²) in [6, 6.07) is 14.8. The molecule has 0 spiro atoms. The maximum absolute atomic E-state index is 13.8. The Hall–Kier alpha value is -3.47. The van der Waals surface area contributed by atoms with Crippen molar-refractivity contribution >= 4 is 28.9 Å². The van der Waals surface area contributed by atoms with E-state index in [1.165, 1.54) is 0 Å². The predicted molar refractivity (Wildman–Crippen MR) is 147 cm³/mol. The van der Waals surface area contributed by atoms with Crippen molar-refractivity contribution in [3.63, 3.8) is 0 Å². The molecule has 0 N–H and O–H groups in total. The number of hydrogen-bond acceptors (Lipinski definition) is 7. The Kier molecular flexibility index (Phi) is 8.21. The minimum absolute atomic E-state index is 0.0582. The molecule has 0 unspecified atom stereocenters. The molecule has 2 amide bonds. The minimum atomic E-state index is -0.225. The average molecular weight is 536 g/mol. The van der Waals surface area contributed by atoms with Gasteiger partial charge in [0.2, 0.25) is 0 Å². The zero-order chi connectivity index (χ0) is 26.5. The molecule has 10 heteroatoms. The lowest BCUT2D eigenvalue weighted by Gasteiger charge is -2.31. The number of morpholine rings is 1. The van der Waals surface area contributed by atoms with Crippen LogP contribution >= 0.6 is 11.3 Å². The Morgan fingerprint density at radius 3 is 2.58 bits per heavy atom. The fourth-order valence-corrected chi connectivity index (χ4v) is 5.60. The molecule has 4 heterocycles.